The van der Waals surface area contributed by atoms with Crippen LogP contribution in [-0.2, 0) is 6.42 Å². The smallest absolute Gasteiger partial charge is 0.123 e. The van der Waals surface area contributed by atoms with E-state index in [-0.39, 0.29) is 5.41 Å². The summed E-state index contributed by atoms with van der Waals surface area (Å²) in [4.78, 5) is 0. The molecule has 88 valence electrons. The fourth-order valence-corrected chi connectivity index (χ4v) is 2.11. The van der Waals surface area contributed by atoms with Crippen LogP contribution in [0.5, 0.6) is 5.75 Å². The maximum atomic E-state index is 6.01. The molecule has 1 heteroatoms. The predicted octanol–water partition coefficient (Wildman–Crippen LogP) is 4.16. The summed E-state index contributed by atoms with van der Waals surface area (Å²) in [5, 5.41) is 0. The van der Waals surface area contributed by atoms with Gasteiger partial charge in [0.2, 0.25) is 0 Å². The summed E-state index contributed by atoms with van der Waals surface area (Å²) in [6.45, 7) is 11.2. The van der Waals surface area contributed by atoms with Crippen molar-refractivity contribution in [2.75, 3.05) is 0 Å². The van der Waals surface area contributed by atoms with Gasteiger partial charge in [0.15, 0.2) is 0 Å². The Morgan fingerprint density at radius 2 is 1.94 bits per heavy atom. The number of hydrogen-bond acceptors (Lipinski definition) is 1. The number of rotatable bonds is 1. The van der Waals surface area contributed by atoms with Crippen LogP contribution in [0.15, 0.2) is 18.2 Å². The first kappa shape index (κ1) is 11.5. The van der Waals surface area contributed by atoms with Gasteiger partial charge in [-0.05, 0) is 28.5 Å². The van der Waals surface area contributed by atoms with Gasteiger partial charge in [-0.3, -0.25) is 0 Å². The predicted molar refractivity (Wildman–Crippen MR) is 68.1 cm³/mol. The second-order valence-electron chi connectivity index (χ2n) is 6.20. The van der Waals surface area contributed by atoms with E-state index in [1.54, 1.807) is 0 Å². The zero-order valence-corrected chi connectivity index (χ0v) is 11.0. The first-order valence-corrected chi connectivity index (χ1v) is 6.17. The van der Waals surface area contributed by atoms with Gasteiger partial charge in [0.1, 0.15) is 11.9 Å². The van der Waals surface area contributed by atoms with Crippen molar-refractivity contribution in [3.8, 4) is 5.75 Å². The topological polar surface area (TPSA) is 9.23 Å². The molecule has 0 aromatic heterocycles. The average Bonchev–Trinajstić information content (AvgIpc) is 2.58. The largest absolute Gasteiger partial charge is 0.489 e. The number of hydrogen-bond donors (Lipinski definition) is 0. The van der Waals surface area contributed by atoms with Gasteiger partial charge in [-0.1, -0.05) is 46.8 Å². The van der Waals surface area contributed by atoms with Crippen LogP contribution in [0.1, 0.15) is 51.7 Å². The summed E-state index contributed by atoms with van der Waals surface area (Å²) in [6.07, 6.45) is 1.38. The molecule has 0 aliphatic carbocycles. The molecule has 0 saturated heterocycles. The van der Waals surface area contributed by atoms with Crippen molar-refractivity contribution >= 4 is 0 Å². The molecule has 1 atom stereocenters. The lowest BCUT2D eigenvalue weighted by molar-refractivity contribution is 0.109. The van der Waals surface area contributed by atoms with E-state index in [1.807, 2.05) is 0 Å². The van der Waals surface area contributed by atoms with Gasteiger partial charge < -0.3 is 4.74 Å². The third-order valence-corrected chi connectivity index (χ3v) is 3.39. The molecule has 1 aliphatic rings. The highest BCUT2D eigenvalue weighted by Gasteiger charge is 2.32. The quantitative estimate of drug-likeness (QED) is 0.687. The van der Waals surface area contributed by atoms with Crippen molar-refractivity contribution in [3.05, 3.63) is 29.3 Å². The first-order chi connectivity index (χ1) is 7.38. The third kappa shape index (κ3) is 2.09. The molecule has 2 rings (SSSR count). The maximum Gasteiger partial charge on any atom is 0.123 e. The molecule has 0 N–H and O–H groups in total. The lowest BCUT2D eigenvalue weighted by Crippen LogP contribution is -2.30. The van der Waals surface area contributed by atoms with Gasteiger partial charge in [0.25, 0.3) is 0 Å². The number of fused-ring (bicyclic) bond motifs is 1. The second-order valence-corrected chi connectivity index (χ2v) is 6.20. The standard InChI is InChI=1S/C15H22O/c1-10(2)11-6-7-13-12(8-11)9-14(16-13)15(3,4)5/h6-8,10,14H,9H2,1-5H3. The van der Waals surface area contributed by atoms with Gasteiger partial charge >= 0.3 is 0 Å². The van der Waals surface area contributed by atoms with Crippen molar-refractivity contribution in [1.29, 1.82) is 0 Å². The van der Waals surface area contributed by atoms with Gasteiger partial charge in [0, 0.05) is 6.42 Å². The van der Waals surface area contributed by atoms with E-state index in [0.717, 1.165) is 12.2 Å². The summed E-state index contributed by atoms with van der Waals surface area (Å²) in [5.74, 6) is 1.68. The zero-order chi connectivity index (χ0) is 11.9. The second kappa shape index (κ2) is 3.80. The highest BCUT2D eigenvalue weighted by atomic mass is 16.5. The Bertz CT molecular complexity index is 385. The van der Waals surface area contributed by atoms with Crippen LogP contribution in [0.4, 0.5) is 0 Å². The van der Waals surface area contributed by atoms with Crippen molar-refractivity contribution in [1.82, 2.24) is 0 Å². The summed E-state index contributed by atoms with van der Waals surface area (Å²) >= 11 is 0. The first-order valence-electron chi connectivity index (χ1n) is 6.17. The average molecular weight is 218 g/mol. The Balaban J connectivity index is 2.25. The normalized spacial score (nSPS) is 19.8. The summed E-state index contributed by atoms with van der Waals surface area (Å²) in [7, 11) is 0. The maximum absolute atomic E-state index is 6.01. The van der Waals surface area contributed by atoms with Crippen LogP contribution in [0.3, 0.4) is 0 Å². The molecule has 16 heavy (non-hydrogen) atoms. The van der Waals surface area contributed by atoms with Crippen LogP contribution in [0, 0.1) is 5.41 Å². The van der Waals surface area contributed by atoms with E-state index in [1.165, 1.54) is 11.1 Å². The SMILES string of the molecule is CC(C)c1ccc2c(c1)CC(C(C)(C)C)O2. The van der Waals surface area contributed by atoms with Gasteiger partial charge in [-0.2, -0.15) is 0 Å². The van der Waals surface area contributed by atoms with Crippen LogP contribution < -0.4 is 4.74 Å². The molecule has 1 aliphatic heterocycles. The Kier molecular flexibility index (Phi) is 2.73. The summed E-state index contributed by atoms with van der Waals surface area (Å²) in [6, 6.07) is 6.64. The van der Waals surface area contributed by atoms with Crippen molar-refractivity contribution in [3.63, 3.8) is 0 Å². The van der Waals surface area contributed by atoms with Crippen LogP contribution >= 0.6 is 0 Å². The summed E-state index contributed by atoms with van der Waals surface area (Å²) in [5.41, 5.74) is 3.01. The van der Waals surface area contributed by atoms with Crippen molar-refractivity contribution in [2.45, 2.75) is 53.1 Å². The minimum Gasteiger partial charge on any atom is -0.489 e. The van der Waals surface area contributed by atoms with Crippen LogP contribution in [0.25, 0.3) is 0 Å². The van der Waals surface area contributed by atoms with Crippen LogP contribution in [-0.4, -0.2) is 6.10 Å². The molecule has 1 unspecified atom stereocenters. The molecular weight excluding hydrogens is 196 g/mol. The molecule has 0 saturated carbocycles. The van der Waals surface area contributed by atoms with Crippen molar-refractivity contribution in [2.24, 2.45) is 5.41 Å². The number of ether oxygens (including phenoxy) is 1. The Morgan fingerprint density at radius 3 is 2.50 bits per heavy atom. The molecule has 0 bridgehead atoms. The van der Waals surface area contributed by atoms with Gasteiger partial charge in [-0.15, -0.1) is 0 Å². The van der Waals surface area contributed by atoms with Gasteiger partial charge in [0.05, 0.1) is 0 Å². The van der Waals surface area contributed by atoms with Crippen LogP contribution in [0.2, 0.25) is 0 Å². The molecule has 0 fully saturated rings. The Labute approximate surface area is 98.8 Å². The highest BCUT2D eigenvalue weighted by molar-refractivity contribution is 5.41. The fourth-order valence-electron chi connectivity index (χ4n) is 2.11. The molecule has 1 heterocycles. The molecule has 0 radical (unpaired) electrons. The minimum atomic E-state index is 0.219. The van der Waals surface area contributed by atoms with E-state index in [9.17, 15) is 0 Å². The Hall–Kier alpha value is -0.980. The molecule has 1 nitrogen and oxygen atoms in total. The Morgan fingerprint density at radius 1 is 1.25 bits per heavy atom. The molecular formula is C15H22O. The monoisotopic (exact) mass is 218 g/mol. The third-order valence-electron chi connectivity index (χ3n) is 3.39. The molecule has 0 spiro atoms. The molecule has 1 aromatic rings. The van der Waals surface area contributed by atoms with E-state index in [4.69, 9.17) is 4.74 Å². The van der Waals surface area contributed by atoms with E-state index in [2.05, 4.69) is 52.8 Å². The van der Waals surface area contributed by atoms with Gasteiger partial charge in [-0.25, -0.2) is 0 Å². The summed E-state index contributed by atoms with van der Waals surface area (Å²) < 4.78 is 6.01. The molecule has 1 aromatic carbocycles. The van der Waals surface area contributed by atoms with E-state index < -0.39 is 0 Å². The lowest BCUT2D eigenvalue weighted by Gasteiger charge is -2.25. The number of benzene rings is 1. The molecule has 0 amide bonds. The minimum absolute atomic E-state index is 0.219. The zero-order valence-electron chi connectivity index (χ0n) is 11.0. The van der Waals surface area contributed by atoms with Crippen molar-refractivity contribution < 1.29 is 4.74 Å². The van der Waals surface area contributed by atoms with E-state index >= 15 is 0 Å². The lowest BCUT2D eigenvalue weighted by atomic mass is 9.86. The van der Waals surface area contributed by atoms with E-state index in [0.29, 0.717) is 12.0 Å². The highest BCUT2D eigenvalue weighted by Crippen LogP contribution is 2.37. The fraction of sp³-hybridized carbons (Fsp3) is 0.600.